The summed E-state index contributed by atoms with van der Waals surface area (Å²) < 4.78 is 26.8. The average molecular weight is 359 g/mol. The van der Waals surface area contributed by atoms with Gasteiger partial charge in [0.1, 0.15) is 22.9 Å². The topological polar surface area (TPSA) is 53.3 Å². The van der Waals surface area contributed by atoms with Crippen molar-refractivity contribution >= 4 is 35.7 Å². The van der Waals surface area contributed by atoms with Crippen molar-refractivity contribution in [2.75, 3.05) is 13.2 Å². The molecule has 0 unspecified atom stereocenters. The van der Waals surface area contributed by atoms with Crippen molar-refractivity contribution in [3.63, 3.8) is 0 Å². The minimum Gasteiger partial charge on any atom is -0.462 e. The van der Waals surface area contributed by atoms with E-state index in [0.29, 0.717) is 22.8 Å². The molecule has 0 amide bonds. The van der Waals surface area contributed by atoms with Crippen LogP contribution in [0.4, 0.5) is 4.39 Å². The van der Waals surface area contributed by atoms with Crippen molar-refractivity contribution in [1.29, 1.82) is 0 Å². The number of carbonyl (C=O) groups excluding carboxylic acids is 1. The molecule has 128 valence electrons. The summed E-state index contributed by atoms with van der Waals surface area (Å²) in [5, 5.41) is 0. The van der Waals surface area contributed by atoms with E-state index in [1.54, 1.807) is 18.4 Å². The molecular formula is C15H23FN2O3SSi. The average Bonchev–Trinajstić information content (AvgIpc) is 2.91. The maximum absolute atomic E-state index is 14.6. The summed E-state index contributed by atoms with van der Waals surface area (Å²) in [5.74, 6) is -0.539. The number of aromatic nitrogens is 2. The molecule has 0 fully saturated rings. The molecule has 2 rings (SSSR count). The number of hydrogen-bond acceptors (Lipinski definition) is 5. The fraction of sp³-hybridized carbons (Fsp3) is 0.600. The fourth-order valence-electron chi connectivity index (χ4n) is 2.09. The molecule has 2 heterocycles. The number of halogens is 1. The zero-order chi connectivity index (χ0) is 17.2. The van der Waals surface area contributed by atoms with Gasteiger partial charge in [-0.2, -0.15) is 0 Å². The van der Waals surface area contributed by atoms with E-state index in [9.17, 15) is 9.18 Å². The van der Waals surface area contributed by atoms with Crippen LogP contribution in [0.5, 0.6) is 0 Å². The number of hydrogen-bond donors (Lipinski definition) is 0. The van der Waals surface area contributed by atoms with Crippen LogP contribution in [-0.2, 0) is 16.2 Å². The Bertz CT molecular complexity index is 706. The third-order valence-electron chi connectivity index (χ3n) is 3.41. The third-order valence-corrected chi connectivity index (χ3v) is 6.14. The van der Waals surface area contributed by atoms with Crippen molar-refractivity contribution in [3.05, 3.63) is 16.5 Å². The van der Waals surface area contributed by atoms with Gasteiger partial charge in [0.2, 0.25) is 0 Å². The Morgan fingerprint density at radius 1 is 1.39 bits per heavy atom. The fourth-order valence-corrected chi connectivity index (χ4v) is 3.84. The first-order valence-corrected chi connectivity index (χ1v) is 12.2. The summed E-state index contributed by atoms with van der Waals surface area (Å²) >= 11 is 1.02. The summed E-state index contributed by atoms with van der Waals surface area (Å²) in [7, 11) is -1.16. The van der Waals surface area contributed by atoms with Gasteiger partial charge in [-0.05, 0) is 19.9 Å². The highest BCUT2D eigenvalue weighted by molar-refractivity contribution is 7.20. The lowest BCUT2D eigenvalue weighted by molar-refractivity contribution is 0.0527. The van der Waals surface area contributed by atoms with Crippen molar-refractivity contribution in [3.8, 4) is 0 Å². The van der Waals surface area contributed by atoms with Gasteiger partial charge in [-0.15, -0.1) is 11.3 Å². The first kappa shape index (κ1) is 18.1. The largest absolute Gasteiger partial charge is 0.462 e. The normalized spacial score (nSPS) is 12.1. The van der Waals surface area contributed by atoms with Crippen LogP contribution in [0.25, 0.3) is 10.3 Å². The van der Waals surface area contributed by atoms with E-state index < -0.39 is 19.9 Å². The predicted octanol–water partition coefficient (Wildman–Crippen LogP) is 4.03. The Labute approximate surface area is 140 Å². The second-order valence-electron chi connectivity index (χ2n) is 6.55. The first-order chi connectivity index (χ1) is 10.7. The quantitative estimate of drug-likeness (QED) is 0.426. The molecule has 0 atom stereocenters. The molecule has 8 heteroatoms. The smallest absolute Gasteiger partial charge is 0.351 e. The minimum atomic E-state index is -1.16. The van der Waals surface area contributed by atoms with Crippen LogP contribution < -0.4 is 0 Å². The molecule has 0 aromatic carbocycles. The molecule has 0 N–H and O–H groups in total. The molecule has 0 aliphatic heterocycles. The number of nitrogens with zero attached hydrogens (tertiary/aromatic N) is 2. The summed E-state index contributed by atoms with van der Waals surface area (Å²) in [4.78, 5) is 16.6. The Kier molecular flexibility index (Phi) is 5.59. The number of carbonyl (C=O) groups is 1. The molecule has 0 spiro atoms. The molecule has 0 aliphatic carbocycles. The number of ether oxygens (including phenoxy) is 2. The van der Waals surface area contributed by atoms with E-state index in [1.165, 1.54) is 0 Å². The van der Waals surface area contributed by atoms with Crippen molar-refractivity contribution < 1.29 is 18.7 Å². The molecule has 23 heavy (non-hydrogen) atoms. The maximum atomic E-state index is 14.6. The van der Waals surface area contributed by atoms with Gasteiger partial charge in [0.05, 0.1) is 6.61 Å². The molecular weight excluding hydrogens is 335 g/mol. The number of thiophene rings is 1. The van der Waals surface area contributed by atoms with Crippen LogP contribution in [0.2, 0.25) is 25.7 Å². The van der Waals surface area contributed by atoms with Gasteiger partial charge in [0.25, 0.3) is 0 Å². The van der Waals surface area contributed by atoms with Crippen molar-refractivity contribution in [2.24, 2.45) is 0 Å². The van der Waals surface area contributed by atoms with E-state index >= 15 is 0 Å². The van der Waals surface area contributed by atoms with Crippen molar-refractivity contribution in [1.82, 2.24) is 9.55 Å². The monoisotopic (exact) mass is 358 g/mol. The lowest BCUT2D eigenvalue weighted by Crippen LogP contribution is -2.22. The highest BCUT2D eigenvalue weighted by atomic mass is 32.1. The van der Waals surface area contributed by atoms with E-state index in [2.05, 4.69) is 24.6 Å². The SMILES string of the molecule is CCOC(=O)c1sc2nc(C)n(COCC[Si](C)(C)C)c2c1F. The number of aryl methyl sites for hydroxylation is 1. The molecule has 0 saturated heterocycles. The van der Waals surface area contributed by atoms with E-state index in [1.807, 2.05) is 0 Å². The lowest BCUT2D eigenvalue weighted by atomic mass is 10.4. The Morgan fingerprint density at radius 3 is 2.70 bits per heavy atom. The minimum absolute atomic E-state index is 0.0276. The Morgan fingerprint density at radius 2 is 2.09 bits per heavy atom. The Balaban J connectivity index is 2.19. The molecule has 2 aromatic rings. The summed E-state index contributed by atoms with van der Waals surface area (Å²) in [6, 6.07) is 1.05. The van der Waals surface area contributed by atoms with E-state index in [0.717, 1.165) is 17.4 Å². The van der Waals surface area contributed by atoms with Crippen LogP contribution in [0, 0.1) is 12.7 Å². The molecule has 0 aliphatic rings. The van der Waals surface area contributed by atoms with Crippen LogP contribution in [0.3, 0.4) is 0 Å². The second kappa shape index (κ2) is 7.10. The molecule has 5 nitrogen and oxygen atoms in total. The van der Waals surface area contributed by atoms with Gasteiger partial charge in [0.15, 0.2) is 10.7 Å². The van der Waals surface area contributed by atoms with Crippen LogP contribution in [0.15, 0.2) is 0 Å². The van der Waals surface area contributed by atoms with E-state index in [-0.39, 0.29) is 18.2 Å². The van der Waals surface area contributed by atoms with Crippen molar-refractivity contribution in [2.45, 2.75) is 46.3 Å². The second-order valence-corrected chi connectivity index (χ2v) is 13.2. The van der Waals surface area contributed by atoms with E-state index in [4.69, 9.17) is 9.47 Å². The molecule has 0 bridgehead atoms. The van der Waals surface area contributed by atoms with Gasteiger partial charge in [-0.25, -0.2) is 14.2 Å². The summed E-state index contributed by atoms with van der Waals surface area (Å²) in [5.41, 5.74) is 0.323. The summed E-state index contributed by atoms with van der Waals surface area (Å²) in [6.07, 6.45) is 0. The maximum Gasteiger partial charge on any atom is 0.351 e. The van der Waals surface area contributed by atoms with Gasteiger partial charge in [-0.3, -0.25) is 0 Å². The van der Waals surface area contributed by atoms with Crippen LogP contribution in [0.1, 0.15) is 22.4 Å². The van der Waals surface area contributed by atoms with Gasteiger partial charge < -0.3 is 14.0 Å². The predicted molar refractivity (Wildman–Crippen MR) is 92.4 cm³/mol. The molecule has 0 radical (unpaired) electrons. The summed E-state index contributed by atoms with van der Waals surface area (Å²) in [6.45, 7) is 11.4. The third kappa shape index (κ3) is 4.18. The number of imidazole rings is 1. The lowest BCUT2D eigenvalue weighted by Gasteiger charge is -2.16. The van der Waals surface area contributed by atoms with Crippen LogP contribution >= 0.6 is 11.3 Å². The zero-order valence-corrected chi connectivity index (χ0v) is 16.1. The highest BCUT2D eigenvalue weighted by Gasteiger charge is 2.24. The zero-order valence-electron chi connectivity index (χ0n) is 14.2. The molecule has 0 saturated carbocycles. The standard InChI is InChI=1S/C15H23FN2O3SSi/c1-6-21-15(19)13-11(16)12-14(22-13)17-10(2)18(12)9-20-7-8-23(3,4)5/h6-9H2,1-5H3. The van der Waals surface area contributed by atoms with Gasteiger partial charge >= 0.3 is 5.97 Å². The highest BCUT2D eigenvalue weighted by Crippen LogP contribution is 2.31. The molecule has 2 aromatic heterocycles. The Hall–Kier alpha value is -1.25. The number of fused-ring (bicyclic) bond motifs is 1. The van der Waals surface area contributed by atoms with Crippen LogP contribution in [-0.4, -0.2) is 36.8 Å². The number of esters is 1. The number of rotatable bonds is 7. The van der Waals surface area contributed by atoms with Gasteiger partial charge in [-0.1, -0.05) is 19.6 Å². The van der Waals surface area contributed by atoms with Gasteiger partial charge in [0, 0.05) is 14.7 Å². The first-order valence-electron chi connectivity index (χ1n) is 7.64.